The molecule has 0 aliphatic heterocycles. The SMILES string of the molecule is O=C(Cn1cc(C(=O)O)cn1)Nc1ccc(Br)cn1. The standard InChI is InChI=1S/C11H9BrN4O3/c12-8-1-2-9(13-4-8)15-10(17)6-16-5-7(3-14-16)11(18)19/h1-5H,6H2,(H,18,19)(H,13,15,17). The van der Waals surface area contributed by atoms with Crippen LogP contribution in [0.1, 0.15) is 10.4 Å². The van der Waals surface area contributed by atoms with E-state index in [1.165, 1.54) is 17.1 Å². The minimum Gasteiger partial charge on any atom is -0.478 e. The van der Waals surface area contributed by atoms with Crippen molar-refractivity contribution in [1.29, 1.82) is 0 Å². The number of hydrogen-bond acceptors (Lipinski definition) is 4. The van der Waals surface area contributed by atoms with Gasteiger partial charge in [0.2, 0.25) is 5.91 Å². The van der Waals surface area contributed by atoms with Gasteiger partial charge in [0.25, 0.3) is 0 Å². The fraction of sp³-hybridized carbons (Fsp3) is 0.0909. The van der Waals surface area contributed by atoms with Gasteiger partial charge in [-0.3, -0.25) is 9.48 Å². The molecule has 2 rings (SSSR count). The molecule has 0 aliphatic carbocycles. The first-order chi connectivity index (χ1) is 9.04. The maximum atomic E-state index is 11.7. The van der Waals surface area contributed by atoms with E-state index in [0.29, 0.717) is 5.82 Å². The number of carbonyl (C=O) groups is 2. The molecule has 0 bridgehead atoms. The number of nitrogens with one attached hydrogen (secondary N) is 1. The van der Waals surface area contributed by atoms with E-state index in [0.717, 1.165) is 4.47 Å². The van der Waals surface area contributed by atoms with Gasteiger partial charge in [0.15, 0.2) is 0 Å². The van der Waals surface area contributed by atoms with E-state index in [2.05, 4.69) is 31.3 Å². The Morgan fingerprint density at radius 3 is 2.74 bits per heavy atom. The number of carboxylic acid groups (broad SMARTS) is 1. The number of rotatable bonds is 4. The molecule has 0 spiro atoms. The van der Waals surface area contributed by atoms with Crippen molar-refractivity contribution < 1.29 is 14.7 Å². The fourth-order valence-corrected chi connectivity index (χ4v) is 1.57. The summed E-state index contributed by atoms with van der Waals surface area (Å²) in [5, 5.41) is 15.1. The van der Waals surface area contributed by atoms with E-state index in [-0.39, 0.29) is 18.0 Å². The maximum Gasteiger partial charge on any atom is 0.338 e. The Kier molecular flexibility index (Phi) is 3.91. The summed E-state index contributed by atoms with van der Waals surface area (Å²) in [4.78, 5) is 26.3. The van der Waals surface area contributed by atoms with E-state index in [1.54, 1.807) is 18.3 Å². The Hall–Kier alpha value is -2.22. The molecule has 98 valence electrons. The van der Waals surface area contributed by atoms with Crippen molar-refractivity contribution in [2.24, 2.45) is 0 Å². The lowest BCUT2D eigenvalue weighted by atomic mass is 10.4. The van der Waals surface area contributed by atoms with Crippen molar-refractivity contribution in [2.45, 2.75) is 6.54 Å². The second-order valence-electron chi connectivity index (χ2n) is 3.64. The van der Waals surface area contributed by atoms with Crippen molar-refractivity contribution in [3.05, 3.63) is 40.8 Å². The average molecular weight is 325 g/mol. The van der Waals surface area contributed by atoms with Crippen LogP contribution in [0, 0.1) is 0 Å². The number of pyridine rings is 1. The number of amides is 1. The van der Waals surface area contributed by atoms with Crippen molar-refractivity contribution in [3.63, 3.8) is 0 Å². The molecular formula is C11H9BrN4O3. The summed E-state index contributed by atoms with van der Waals surface area (Å²) < 4.78 is 2.06. The van der Waals surface area contributed by atoms with E-state index in [9.17, 15) is 9.59 Å². The third-order valence-electron chi connectivity index (χ3n) is 2.18. The maximum absolute atomic E-state index is 11.7. The molecule has 19 heavy (non-hydrogen) atoms. The minimum absolute atomic E-state index is 0.0366. The number of aromatic carboxylic acids is 1. The Labute approximate surface area is 116 Å². The Morgan fingerprint density at radius 1 is 1.37 bits per heavy atom. The molecular weight excluding hydrogens is 316 g/mol. The largest absolute Gasteiger partial charge is 0.478 e. The molecule has 2 aromatic heterocycles. The Morgan fingerprint density at radius 2 is 2.16 bits per heavy atom. The van der Waals surface area contributed by atoms with Crippen LogP contribution in [0.3, 0.4) is 0 Å². The first-order valence-electron chi connectivity index (χ1n) is 5.22. The molecule has 7 nitrogen and oxygen atoms in total. The van der Waals surface area contributed by atoms with Gasteiger partial charge in [0, 0.05) is 16.9 Å². The van der Waals surface area contributed by atoms with E-state index in [4.69, 9.17) is 5.11 Å². The topological polar surface area (TPSA) is 97.1 Å². The lowest BCUT2D eigenvalue weighted by Crippen LogP contribution is -2.19. The third-order valence-corrected chi connectivity index (χ3v) is 2.65. The average Bonchev–Trinajstić information content (AvgIpc) is 2.80. The Bertz CT molecular complexity index is 609. The molecule has 2 aromatic rings. The monoisotopic (exact) mass is 324 g/mol. The molecule has 0 fully saturated rings. The van der Waals surface area contributed by atoms with Crippen molar-refractivity contribution in [2.75, 3.05) is 5.32 Å². The van der Waals surface area contributed by atoms with Gasteiger partial charge in [-0.2, -0.15) is 5.10 Å². The highest BCUT2D eigenvalue weighted by atomic mass is 79.9. The number of hydrogen-bond donors (Lipinski definition) is 2. The van der Waals surface area contributed by atoms with E-state index < -0.39 is 5.97 Å². The fourth-order valence-electron chi connectivity index (χ4n) is 1.34. The van der Waals surface area contributed by atoms with Crippen LogP contribution in [0.25, 0.3) is 0 Å². The zero-order valence-corrected chi connectivity index (χ0v) is 11.2. The molecule has 8 heteroatoms. The highest BCUT2D eigenvalue weighted by Gasteiger charge is 2.09. The Balaban J connectivity index is 1.97. The minimum atomic E-state index is -1.08. The lowest BCUT2D eigenvalue weighted by molar-refractivity contribution is -0.116. The third kappa shape index (κ3) is 3.62. The van der Waals surface area contributed by atoms with Crippen LogP contribution in [-0.4, -0.2) is 31.7 Å². The number of anilines is 1. The van der Waals surface area contributed by atoms with E-state index >= 15 is 0 Å². The lowest BCUT2D eigenvalue weighted by Gasteiger charge is -2.04. The van der Waals surface area contributed by atoms with Crippen LogP contribution >= 0.6 is 15.9 Å². The summed E-state index contributed by atoms with van der Waals surface area (Å²) in [6.45, 7) is -0.0783. The molecule has 0 atom stereocenters. The predicted molar refractivity (Wildman–Crippen MR) is 69.8 cm³/mol. The van der Waals surface area contributed by atoms with Crippen molar-refractivity contribution in [3.8, 4) is 0 Å². The first-order valence-corrected chi connectivity index (χ1v) is 6.01. The molecule has 0 aromatic carbocycles. The normalized spacial score (nSPS) is 10.2. The molecule has 0 radical (unpaired) electrons. The van der Waals surface area contributed by atoms with Crippen molar-refractivity contribution >= 4 is 33.6 Å². The van der Waals surface area contributed by atoms with Crippen LogP contribution in [0.4, 0.5) is 5.82 Å². The van der Waals surface area contributed by atoms with Crippen LogP contribution in [0.2, 0.25) is 0 Å². The van der Waals surface area contributed by atoms with Gasteiger partial charge >= 0.3 is 5.97 Å². The van der Waals surface area contributed by atoms with Crippen LogP contribution in [-0.2, 0) is 11.3 Å². The molecule has 0 aliphatic rings. The van der Waals surface area contributed by atoms with Crippen LogP contribution < -0.4 is 5.32 Å². The zero-order valence-electron chi connectivity index (χ0n) is 9.58. The molecule has 0 unspecified atom stereocenters. The number of carbonyl (C=O) groups excluding carboxylic acids is 1. The quantitative estimate of drug-likeness (QED) is 0.885. The van der Waals surface area contributed by atoms with Gasteiger partial charge < -0.3 is 10.4 Å². The summed E-state index contributed by atoms with van der Waals surface area (Å²) in [6, 6.07) is 3.40. The molecule has 2 N–H and O–H groups in total. The summed E-state index contributed by atoms with van der Waals surface area (Å²) in [6.07, 6.45) is 4.04. The number of carboxylic acids is 1. The van der Waals surface area contributed by atoms with Gasteiger partial charge in [0.05, 0.1) is 11.8 Å². The number of halogens is 1. The first kappa shape index (κ1) is 13.2. The molecule has 1 amide bonds. The summed E-state index contributed by atoms with van der Waals surface area (Å²) in [7, 11) is 0. The molecule has 0 saturated heterocycles. The summed E-state index contributed by atoms with van der Waals surface area (Å²) in [5.41, 5.74) is 0.0366. The van der Waals surface area contributed by atoms with Gasteiger partial charge in [-0.25, -0.2) is 9.78 Å². The second kappa shape index (κ2) is 5.61. The van der Waals surface area contributed by atoms with Gasteiger partial charge in [0.1, 0.15) is 12.4 Å². The van der Waals surface area contributed by atoms with Gasteiger partial charge in [-0.05, 0) is 28.1 Å². The number of aromatic nitrogens is 3. The molecule has 2 heterocycles. The van der Waals surface area contributed by atoms with Crippen LogP contribution in [0.5, 0.6) is 0 Å². The van der Waals surface area contributed by atoms with Crippen molar-refractivity contribution in [1.82, 2.24) is 14.8 Å². The molecule has 0 saturated carbocycles. The summed E-state index contributed by atoms with van der Waals surface area (Å²) >= 11 is 3.24. The smallest absolute Gasteiger partial charge is 0.338 e. The van der Waals surface area contributed by atoms with E-state index in [1.807, 2.05) is 0 Å². The highest BCUT2D eigenvalue weighted by Crippen LogP contribution is 2.10. The number of nitrogens with zero attached hydrogens (tertiary/aromatic N) is 3. The van der Waals surface area contributed by atoms with Gasteiger partial charge in [-0.15, -0.1) is 0 Å². The van der Waals surface area contributed by atoms with Gasteiger partial charge in [-0.1, -0.05) is 0 Å². The zero-order chi connectivity index (χ0) is 13.8. The predicted octanol–water partition coefficient (Wildman–Crippen LogP) is 1.38. The highest BCUT2D eigenvalue weighted by molar-refractivity contribution is 9.10. The summed E-state index contributed by atoms with van der Waals surface area (Å²) in [5.74, 6) is -1.00. The second-order valence-corrected chi connectivity index (χ2v) is 4.56. The van der Waals surface area contributed by atoms with Crippen LogP contribution in [0.15, 0.2) is 35.2 Å².